The molecular weight excluding hydrogens is 459 g/mol. The second-order valence-corrected chi connectivity index (χ2v) is 9.82. The van der Waals surface area contributed by atoms with Crippen molar-refractivity contribution in [3.63, 3.8) is 0 Å². The van der Waals surface area contributed by atoms with E-state index >= 15 is 0 Å². The van der Waals surface area contributed by atoms with Crippen LogP contribution in [0, 0.1) is 0 Å². The van der Waals surface area contributed by atoms with Crippen molar-refractivity contribution in [2.75, 3.05) is 13.2 Å². The molecule has 1 saturated heterocycles. The Balaban J connectivity index is 1.73. The van der Waals surface area contributed by atoms with E-state index in [0.717, 1.165) is 12.0 Å². The maximum atomic E-state index is 14.6. The Bertz CT molecular complexity index is 1250. The van der Waals surface area contributed by atoms with Crippen LogP contribution in [0.5, 0.6) is 0 Å². The Morgan fingerprint density at radius 1 is 1.06 bits per heavy atom. The molecule has 1 fully saturated rings. The van der Waals surface area contributed by atoms with Crippen LogP contribution in [0.1, 0.15) is 57.1 Å². The molecular formula is C27H30F3NO4. The number of fused-ring (bicyclic) bond motifs is 1. The summed E-state index contributed by atoms with van der Waals surface area (Å²) in [7, 11) is 0. The smallest absolute Gasteiger partial charge is 0.379 e. The average Bonchev–Trinajstić information content (AvgIpc) is 2.84. The first-order valence-corrected chi connectivity index (χ1v) is 11.7. The minimum Gasteiger partial charge on any atom is -0.379 e. The highest BCUT2D eigenvalue weighted by atomic mass is 19.4. The number of rotatable bonds is 6. The van der Waals surface area contributed by atoms with Crippen molar-refractivity contribution in [1.82, 2.24) is 4.57 Å². The number of nitrogens with zero attached hydrogens (tertiary/aromatic N) is 1. The number of para-hydroxylation sites is 1. The summed E-state index contributed by atoms with van der Waals surface area (Å²) in [6.45, 7) is 5.80. The normalized spacial score (nSPS) is 18.4. The van der Waals surface area contributed by atoms with Crippen molar-refractivity contribution < 1.29 is 27.8 Å². The summed E-state index contributed by atoms with van der Waals surface area (Å²) < 4.78 is 56.4. The maximum Gasteiger partial charge on any atom is 0.419 e. The largest absolute Gasteiger partial charge is 0.419 e. The molecule has 0 bridgehead atoms. The quantitative estimate of drug-likeness (QED) is 0.486. The molecule has 0 aliphatic carbocycles. The van der Waals surface area contributed by atoms with Crippen LogP contribution >= 0.6 is 0 Å². The van der Waals surface area contributed by atoms with Crippen LogP contribution < -0.4 is 5.43 Å². The molecule has 1 aliphatic rings. The highest BCUT2D eigenvalue weighted by Crippen LogP contribution is 2.47. The minimum atomic E-state index is -4.93. The monoisotopic (exact) mass is 489 g/mol. The summed E-state index contributed by atoms with van der Waals surface area (Å²) >= 11 is 0. The molecule has 2 atom stereocenters. The van der Waals surface area contributed by atoms with Crippen molar-refractivity contribution >= 4 is 10.9 Å². The van der Waals surface area contributed by atoms with E-state index < -0.39 is 35.9 Å². The topological polar surface area (TPSA) is 60.7 Å². The zero-order chi connectivity index (χ0) is 25.4. The molecule has 0 amide bonds. The van der Waals surface area contributed by atoms with Crippen molar-refractivity contribution in [2.24, 2.45) is 0 Å². The predicted octanol–water partition coefficient (Wildman–Crippen LogP) is 5.66. The van der Waals surface area contributed by atoms with Gasteiger partial charge in [-0.15, -0.1) is 0 Å². The lowest BCUT2D eigenvalue weighted by Crippen LogP contribution is -2.54. The number of ether oxygens (including phenoxy) is 2. The van der Waals surface area contributed by atoms with Gasteiger partial charge in [0.1, 0.15) is 0 Å². The van der Waals surface area contributed by atoms with E-state index in [9.17, 15) is 23.1 Å². The van der Waals surface area contributed by atoms with Crippen LogP contribution in [-0.4, -0.2) is 34.7 Å². The highest BCUT2D eigenvalue weighted by molar-refractivity contribution is 5.78. The molecule has 2 heterocycles. The number of aliphatic hydroxyl groups is 1. The third-order valence-electron chi connectivity index (χ3n) is 6.91. The Labute approximate surface area is 202 Å². The summed E-state index contributed by atoms with van der Waals surface area (Å²) in [5.74, 6) is 0. The molecule has 1 aromatic heterocycles. The van der Waals surface area contributed by atoms with E-state index in [1.165, 1.54) is 23.8 Å². The molecule has 35 heavy (non-hydrogen) atoms. The van der Waals surface area contributed by atoms with Gasteiger partial charge in [-0.2, -0.15) is 13.2 Å². The predicted molar refractivity (Wildman–Crippen MR) is 127 cm³/mol. The molecule has 2 unspecified atom stereocenters. The van der Waals surface area contributed by atoms with Gasteiger partial charge in [0.25, 0.3) is 0 Å². The fourth-order valence-electron chi connectivity index (χ4n) is 4.84. The molecule has 1 N–H and O–H groups in total. The first kappa shape index (κ1) is 25.4. The molecule has 1 aliphatic heterocycles. The Kier molecular flexibility index (Phi) is 6.83. The average molecular weight is 490 g/mol. The maximum absolute atomic E-state index is 14.6. The number of hydrogen-bond acceptors (Lipinski definition) is 4. The molecule has 3 aromatic rings. The molecule has 4 rings (SSSR count). The van der Waals surface area contributed by atoms with Crippen LogP contribution in [0.4, 0.5) is 13.2 Å². The standard InChI is InChI=1S/C27H30F3NO4/c1-18(31-13-12-23(32)21-10-4-5-11-22(21)31)26(33,27(28,29)30)17-25(2,3)20-9-6-8-19(16-20)24-34-14-7-15-35-24/h4-6,8-13,16,18,24,33H,7,14-15,17H2,1-3H3. The van der Waals surface area contributed by atoms with E-state index in [-0.39, 0.29) is 5.43 Å². The Morgan fingerprint density at radius 2 is 1.74 bits per heavy atom. The SMILES string of the molecule is CC(n1ccc(=O)c2ccccc21)C(O)(CC(C)(C)c1cccc(C2OCCCO2)c1)C(F)(F)F. The van der Waals surface area contributed by atoms with Gasteiger partial charge in [0, 0.05) is 23.2 Å². The third-order valence-corrected chi connectivity index (χ3v) is 6.91. The second-order valence-electron chi connectivity index (χ2n) is 9.82. The highest BCUT2D eigenvalue weighted by Gasteiger charge is 2.59. The molecule has 0 saturated carbocycles. The van der Waals surface area contributed by atoms with Gasteiger partial charge in [-0.05, 0) is 42.9 Å². The number of hydrogen-bond donors (Lipinski definition) is 1. The van der Waals surface area contributed by atoms with Gasteiger partial charge >= 0.3 is 6.18 Å². The molecule has 0 radical (unpaired) electrons. The van der Waals surface area contributed by atoms with Crippen LogP contribution in [0.25, 0.3) is 10.9 Å². The van der Waals surface area contributed by atoms with Crippen LogP contribution in [0.15, 0.2) is 65.6 Å². The fraction of sp³-hybridized carbons (Fsp3) is 0.444. The van der Waals surface area contributed by atoms with Crippen molar-refractivity contribution in [3.8, 4) is 0 Å². The first-order chi connectivity index (χ1) is 16.4. The lowest BCUT2D eigenvalue weighted by atomic mass is 9.72. The van der Waals surface area contributed by atoms with Crippen molar-refractivity contribution in [3.05, 3.63) is 82.1 Å². The van der Waals surface area contributed by atoms with Crippen LogP contribution in [0.3, 0.4) is 0 Å². The van der Waals surface area contributed by atoms with E-state index in [2.05, 4.69) is 0 Å². The fourth-order valence-corrected chi connectivity index (χ4v) is 4.84. The number of halogens is 3. The molecule has 2 aromatic carbocycles. The first-order valence-electron chi connectivity index (χ1n) is 11.7. The summed E-state index contributed by atoms with van der Waals surface area (Å²) in [4.78, 5) is 12.3. The minimum absolute atomic E-state index is 0.288. The number of pyridine rings is 1. The van der Waals surface area contributed by atoms with Gasteiger partial charge < -0.3 is 19.1 Å². The molecule has 5 nitrogen and oxygen atoms in total. The van der Waals surface area contributed by atoms with Crippen LogP contribution in [0.2, 0.25) is 0 Å². The van der Waals surface area contributed by atoms with Gasteiger partial charge in [-0.25, -0.2) is 0 Å². The third kappa shape index (κ3) is 4.87. The number of alkyl halides is 3. The lowest BCUT2D eigenvalue weighted by Gasteiger charge is -2.42. The number of aromatic nitrogens is 1. The van der Waals surface area contributed by atoms with Crippen LogP contribution in [-0.2, 0) is 14.9 Å². The Hall–Kier alpha value is -2.68. The van der Waals surface area contributed by atoms with Gasteiger partial charge in [0.2, 0.25) is 0 Å². The second kappa shape index (κ2) is 9.41. The van der Waals surface area contributed by atoms with Gasteiger partial charge in [0.05, 0.1) is 24.8 Å². The Morgan fingerprint density at radius 3 is 2.43 bits per heavy atom. The zero-order valence-corrected chi connectivity index (χ0v) is 20.0. The summed E-state index contributed by atoms with van der Waals surface area (Å²) in [5, 5.41) is 11.6. The molecule has 8 heteroatoms. The molecule has 188 valence electrons. The van der Waals surface area contributed by atoms with E-state index in [1.807, 2.05) is 6.07 Å². The van der Waals surface area contributed by atoms with E-state index in [1.54, 1.807) is 56.3 Å². The summed E-state index contributed by atoms with van der Waals surface area (Å²) in [5.41, 5.74) is -2.73. The van der Waals surface area contributed by atoms with Gasteiger partial charge in [-0.3, -0.25) is 4.79 Å². The summed E-state index contributed by atoms with van der Waals surface area (Å²) in [6.07, 6.45) is -3.98. The van der Waals surface area contributed by atoms with Crippen molar-refractivity contribution in [1.29, 1.82) is 0 Å². The van der Waals surface area contributed by atoms with E-state index in [0.29, 0.717) is 29.7 Å². The number of benzene rings is 2. The molecule has 0 spiro atoms. The van der Waals surface area contributed by atoms with Gasteiger partial charge in [0.15, 0.2) is 17.3 Å². The van der Waals surface area contributed by atoms with E-state index in [4.69, 9.17) is 9.47 Å². The zero-order valence-electron chi connectivity index (χ0n) is 20.0. The van der Waals surface area contributed by atoms with Gasteiger partial charge in [-0.1, -0.05) is 50.2 Å². The summed E-state index contributed by atoms with van der Waals surface area (Å²) in [6, 6.07) is 13.4. The lowest BCUT2D eigenvalue weighted by molar-refractivity contribution is -0.280. The van der Waals surface area contributed by atoms with Crippen molar-refractivity contribution in [2.45, 2.75) is 63.1 Å².